The summed E-state index contributed by atoms with van der Waals surface area (Å²) in [4.78, 5) is 17.0. The Morgan fingerprint density at radius 2 is 2.17 bits per heavy atom. The Morgan fingerprint density at radius 1 is 1.33 bits per heavy atom. The van der Waals surface area contributed by atoms with E-state index in [2.05, 4.69) is 15.2 Å². The summed E-state index contributed by atoms with van der Waals surface area (Å²) in [6.45, 7) is 3.98. The van der Waals surface area contributed by atoms with Gasteiger partial charge in [-0.3, -0.25) is 9.10 Å². The minimum atomic E-state index is -3.30. The maximum atomic E-state index is 12.6. The predicted molar refractivity (Wildman–Crippen MR) is 116 cm³/mol. The van der Waals surface area contributed by atoms with Crippen molar-refractivity contribution in [3.8, 4) is 0 Å². The fourth-order valence-electron chi connectivity index (χ4n) is 3.21. The van der Waals surface area contributed by atoms with Crippen LogP contribution in [0.15, 0.2) is 33.2 Å². The number of carbonyl (C=O) groups is 1. The van der Waals surface area contributed by atoms with Gasteiger partial charge in [-0.2, -0.15) is 0 Å². The number of thiazole rings is 1. The molecule has 0 fully saturated rings. The third-order valence-corrected chi connectivity index (χ3v) is 8.15. The number of benzene rings is 1. The summed E-state index contributed by atoms with van der Waals surface area (Å²) in [5.74, 6) is 0.602. The molecule has 0 radical (unpaired) electrons. The molecule has 0 aliphatic carbocycles. The lowest BCUT2D eigenvalue weighted by Gasteiger charge is -2.18. The van der Waals surface area contributed by atoms with Gasteiger partial charge in [-0.1, -0.05) is 11.8 Å². The molecule has 0 amide bonds. The first-order valence-corrected chi connectivity index (χ1v) is 12.9. The molecule has 3 heterocycles. The summed E-state index contributed by atoms with van der Waals surface area (Å²) < 4.78 is 31.4. The van der Waals surface area contributed by atoms with Crippen molar-refractivity contribution in [2.24, 2.45) is 0 Å². The molecular formula is C19H20N4O4S3. The Bertz CT molecular complexity index is 1190. The molecule has 0 saturated heterocycles. The number of aromatic nitrogens is 3. The maximum absolute atomic E-state index is 12.6. The van der Waals surface area contributed by atoms with E-state index in [9.17, 15) is 13.2 Å². The first-order valence-electron chi connectivity index (χ1n) is 9.38. The molecule has 30 heavy (non-hydrogen) atoms. The van der Waals surface area contributed by atoms with Crippen molar-refractivity contribution in [1.82, 2.24) is 15.2 Å². The Balaban J connectivity index is 1.38. The molecule has 2 aromatic heterocycles. The Labute approximate surface area is 182 Å². The topological polar surface area (TPSA) is 106 Å². The second-order valence-electron chi connectivity index (χ2n) is 6.77. The number of carbonyl (C=O) groups excluding carboxylic acids is 1. The summed E-state index contributed by atoms with van der Waals surface area (Å²) in [5.41, 5.74) is 2.97. The Hall–Kier alpha value is -2.24. The van der Waals surface area contributed by atoms with Gasteiger partial charge in [0.15, 0.2) is 5.78 Å². The summed E-state index contributed by atoms with van der Waals surface area (Å²) in [7, 11) is -3.30. The van der Waals surface area contributed by atoms with Gasteiger partial charge in [0, 0.05) is 17.5 Å². The molecule has 1 aliphatic rings. The number of fused-ring (bicyclic) bond motifs is 1. The van der Waals surface area contributed by atoms with E-state index in [1.807, 2.05) is 12.3 Å². The van der Waals surface area contributed by atoms with Gasteiger partial charge < -0.3 is 4.42 Å². The lowest BCUT2D eigenvalue weighted by molar-refractivity contribution is 0.102. The van der Waals surface area contributed by atoms with Gasteiger partial charge in [0.05, 0.1) is 34.3 Å². The highest BCUT2D eigenvalue weighted by Gasteiger charge is 2.28. The van der Waals surface area contributed by atoms with Crippen LogP contribution in [0.25, 0.3) is 0 Å². The largest absolute Gasteiger partial charge is 0.416 e. The van der Waals surface area contributed by atoms with Crippen LogP contribution in [0.1, 0.15) is 39.4 Å². The number of Topliss-reactive ketones (excluding diaryl/α,β-unsaturated/α-hetero) is 1. The molecule has 8 nitrogen and oxygen atoms in total. The number of sulfonamides is 1. The fourth-order valence-corrected chi connectivity index (χ4v) is 5.66. The number of hydrogen-bond donors (Lipinski definition) is 0. The van der Waals surface area contributed by atoms with E-state index in [4.69, 9.17) is 4.42 Å². The Kier molecular flexibility index (Phi) is 5.94. The van der Waals surface area contributed by atoms with E-state index < -0.39 is 10.0 Å². The van der Waals surface area contributed by atoms with Gasteiger partial charge in [0.1, 0.15) is 0 Å². The lowest BCUT2D eigenvalue weighted by Crippen LogP contribution is -2.30. The van der Waals surface area contributed by atoms with Crippen LogP contribution in [0.3, 0.4) is 0 Å². The third-order valence-electron chi connectivity index (χ3n) is 4.73. The highest BCUT2D eigenvalue weighted by atomic mass is 32.2. The first-order chi connectivity index (χ1) is 14.4. The van der Waals surface area contributed by atoms with Crippen LogP contribution in [0.4, 0.5) is 5.69 Å². The van der Waals surface area contributed by atoms with Crippen molar-refractivity contribution >= 4 is 44.6 Å². The highest BCUT2D eigenvalue weighted by molar-refractivity contribution is 7.99. The van der Waals surface area contributed by atoms with Crippen LogP contribution in [0.2, 0.25) is 0 Å². The molecule has 0 N–H and O–H groups in total. The van der Waals surface area contributed by atoms with E-state index in [0.29, 0.717) is 41.8 Å². The summed E-state index contributed by atoms with van der Waals surface area (Å²) in [5, 5.41) is 11.3. The van der Waals surface area contributed by atoms with Crippen molar-refractivity contribution in [2.75, 3.05) is 22.4 Å². The minimum absolute atomic E-state index is 0.0536. The second-order valence-corrected chi connectivity index (χ2v) is 10.9. The third kappa shape index (κ3) is 4.42. The van der Waals surface area contributed by atoms with Crippen LogP contribution >= 0.6 is 23.1 Å². The van der Waals surface area contributed by atoms with Crippen molar-refractivity contribution in [1.29, 1.82) is 0 Å². The second kappa shape index (κ2) is 8.48. The van der Waals surface area contributed by atoms with Gasteiger partial charge in [-0.25, -0.2) is 13.4 Å². The number of thioether (sulfide) groups is 1. The smallest absolute Gasteiger partial charge is 0.277 e. The highest BCUT2D eigenvalue weighted by Crippen LogP contribution is 2.32. The monoisotopic (exact) mass is 464 g/mol. The molecule has 0 bridgehead atoms. The Morgan fingerprint density at radius 3 is 2.90 bits per heavy atom. The van der Waals surface area contributed by atoms with E-state index in [-0.39, 0.29) is 17.3 Å². The van der Waals surface area contributed by atoms with E-state index in [1.165, 1.54) is 16.1 Å². The quantitative estimate of drug-likeness (QED) is 0.370. The predicted octanol–water partition coefficient (Wildman–Crippen LogP) is 3.11. The van der Waals surface area contributed by atoms with Gasteiger partial charge in [-0.15, -0.1) is 21.5 Å². The molecule has 0 atom stereocenters. The average Bonchev–Trinajstić information content (AvgIpc) is 3.46. The number of rotatable bonds is 8. The van der Waals surface area contributed by atoms with Crippen LogP contribution in [0.5, 0.6) is 0 Å². The van der Waals surface area contributed by atoms with E-state index in [1.54, 1.807) is 36.5 Å². The molecule has 0 saturated carbocycles. The molecule has 0 spiro atoms. The number of hydrogen-bond acceptors (Lipinski definition) is 9. The lowest BCUT2D eigenvalue weighted by atomic mass is 10.1. The maximum Gasteiger partial charge on any atom is 0.277 e. The first kappa shape index (κ1) is 21.0. The molecule has 1 aliphatic heterocycles. The zero-order valence-electron chi connectivity index (χ0n) is 16.5. The van der Waals surface area contributed by atoms with E-state index in [0.717, 1.165) is 16.3 Å². The molecule has 158 valence electrons. The molecule has 1 aromatic carbocycles. The summed E-state index contributed by atoms with van der Waals surface area (Å²) in [6.07, 6.45) is 1.07. The van der Waals surface area contributed by atoms with Crippen molar-refractivity contribution in [3.05, 3.63) is 51.3 Å². The van der Waals surface area contributed by atoms with E-state index >= 15 is 0 Å². The van der Waals surface area contributed by atoms with Crippen LogP contribution in [0, 0.1) is 6.92 Å². The molecule has 4 rings (SSSR count). The fraction of sp³-hybridized carbons (Fsp3) is 0.368. The van der Waals surface area contributed by atoms with Gasteiger partial charge in [0.2, 0.25) is 15.9 Å². The van der Waals surface area contributed by atoms with Crippen molar-refractivity contribution in [2.45, 2.75) is 31.9 Å². The minimum Gasteiger partial charge on any atom is -0.416 e. The number of ketones is 1. The molecular weight excluding hydrogens is 444 g/mol. The summed E-state index contributed by atoms with van der Waals surface area (Å²) >= 11 is 2.75. The summed E-state index contributed by atoms with van der Waals surface area (Å²) in [6, 6.07) is 5.18. The van der Waals surface area contributed by atoms with Gasteiger partial charge in [-0.05, 0) is 44.0 Å². The zero-order valence-corrected chi connectivity index (χ0v) is 18.9. The van der Waals surface area contributed by atoms with Crippen LogP contribution < -0.4 is 4.31 Å². The van der Waals surface area contributed by atoms with Crippen LogP contribution in [-0.4, -0.2) is 47.4 Å². The van der Waals surface area contributed by atoms with Gasteiger partial charge >= 0.3 is 0 Å². The van der Waals surface area contributed by atoms with Crippen molar-refractivity contribution < 1.29 is 17.6 Å². The van der Waals surface area contributed by atoms with Crippen molar-refractivity contribution in [3.63, 3.8) is 0 Å². The van der Waals surface area contributed by atoms with Gasteiger partial charge in [0.25, 0.3) is 5.22 Å². The number of anilines is 1. The number of aryl methyl sites for hydroxylation is 1. The molecule has 3 aromatic rings. The SMILES string of the molecule is CCS(=O)(=O)N1CCc2cc(C(=O)CSc3nnc(Cc4csc(C)n4)o3)ccc21. The molecule has 11 heteroatoms. The normalized spacial score (nSPS) is 13.6. The zero-order chi connectivity index (χ0) is 21.3. The standard InChI is InChI=1S/C19H20N4O4S3/c1-3-30(25,26)23-7-6-13-8-14(4-5-16(13)23)17(24)11-29-19-22-21-18(27-19)9-15-10-28-12(2)20-15/h4-5,8,10H,3,6-7,9,11H2,1-2H3. The molecule has 0 unspecified atom stereocenters. The number of nitrogens with zero attached hydrogens (tertiary/aromatic N) is 4. The van der Waals surface area contributed by atoms with Crippen LogP contribution in [-0.2, 0) is 22.9 Å². The average molecular weight is 465 g/mol.